The molecule has 0 atom stereocenters. The second-order valence-corrected chi connectivity index (χ2v) is 13.4. The lowest BCUT2D eigenvalue weighted by Crippen LogP contribution is -2.00. The lowest BCUT2D eigenvalue weighted by molar-refractivity contribution is 1.07. The predicted molar refractivity (Wildman–Crippen MR) is 227 cm³/mol. The standard InChI is InChI=1S/C51H34N4/c1-4-13-35(14-5-1)37-23-25-39(26-24-37)50-52-49(38-17-8-3-9-18-38)53-51(54-50)40-27-30-44(31-28-40)55-47-22-11-10-21-45(47)46-34-43(29-32-48(46)55)42-20-12-19-41(33-42)36-15-6-2-7-16-36/h1-34H/i10D,11D,21D,22D. The Balaban J connectivity index is 1.09. The van der Waals surface area contributed by atoms with Gasteiger partial charge in [0.15, 0.2) is 17.5 Å². The van der Waals surface area contributed by atoms with Crippen LogP contribution in [0.5, 0.6) is 0 Å². The van der Waals surface area contributed by atoms with Crippen LogP contribution in [0, 0.1) is 0 Å². The van der Waals surface area contributed by atoms with Crippen LogP contribution in [0.2, 0.25) is 0 Å². The maximum Gasteiger partial charge on any atom is 0.164 e. The van der Waals surface area contributed by atoms with Gasteiger partial charge in [0.05, 0.1) is 16.5 Å². The number of nitrogens with zero attached hydrogens (tertiary/aromatic N) is 4. The number of rotatable bonds is 7. The minimum absolute atomic E-state index is 0.0699. The van der Waals surface area contributed by atoms with Gasteiger partial charge in [0.2, 0.25) is 0 Å². The summed E-state index contributed by atoms with van der Waals surface area (Å²) in [5, 5.41) is 1.22. The van der Waals surface area contributed by atoms with Gasteiger partial charge in [-0.25, -0.2) is 15.0 Å². The molecule has 0 saturated carbocycles. The Hall–Kier alpha value is -7.43. The first-order valence-corrected chi connectivity index (χ1v) is 18.2. The van der Waals surface area contributed by atoms with E-state index in [0.29, 0.717) is 28.4 Å². The summed E-state index contributed by atoms with van der Waals surface area (Å²) in [5.41, 5.74) is 10.9. The highest BCUT2D eigenvalue weighted by Crippen LogP contribution is 2.36. The molecule has 2 heterocycles. The van der Waals surface area contributed by atoms with E-state index in [9.17, 15) is 0 Å². The zero-order chi connectivity index (χ0) is 40.0. The minimum Gasteiger partial charge on any atom is -0.309 e. The molecule has 2 aromatic heterocycles. The van der Waals surface area contributed by atoms with Crippen molar-refractivity contribution in [3.63, 3.8) is 0 Å². The topological polar surface area (TPSA) is 43.6 Å². The van der Waals surface area contributed by atoms with Crippen molar-refractivity contribution in [3.05, 3.63) is 206 Å². The maximum atomic E-state index is 9.10. The van der Waals surface area contributed by atoms with Crippen LogP contribution in [-0.4, -0.2) is 19.5 Å². The predicted octanol–water partition coefficient (Wildman–Crippen LogP) is 13.0. The van der Waals surface area contributed by atoms with Crippen molar-refractivity contribution in [2.75, 3.05) is 0 Å². The van der Waals surface area contributed by atoms with Crippen LogP contribution in [0.25, 0.3) is 95.0 Å². The molecule has 0 fully saturated rings. The number of hydrogen-bond acceptors (Lipinski definition) is 3. The van der Waals surface area contributed by atoms with Gasteiger partial charge < -0.3 is 4.57 Å². The fraction of sp³-hybridized carbons (Fsp3) is 0. The quantitative estimate of drug-likeness (QED) is 0.166. The van der Waals surface area contributed by atoms with Crippen LogP contribution in [0.15, 0.2) is 206 Å². The Morgan fingerprint density at radius 1 is 0.327 bits per heavy atom. The summed E-state index contributed by atoms with van der Waals surface area (Å²) in [7, 11) is 0. The van der Waals surface area contributed by atoms with Gasteiger partial charge in [-0.3, -0.25) is 0 Å². The van der Waals surface area contributed by atoms with Crippen LogP contribution < -0.4 is 0 Å². The molecule has 0 bridgehead atoms. The van der Waals surface area contributed by atoms with Crippen molar-refractivity contribution in [2.24, 2.45) is 0 Å². The summed E-state index contributed by atoms with van der Waals surface area (Å²) in [5.74, 6) is 1.63. The van der Waals surface area contributed by atoms with Crippen molar-refractivity contribution in [1.29, 1.82) is 0 Å². The molecule has 8 aromatic carbocycles. The molecule has 0 aliphatic heterocycles. The van der Waals surface area contributed by atoms with Gasteiger partial charge >= 0.3 is 0 Å². The van der Waals surface area contributed by atoms with E-state index in [1.54, 1.807) is 0 Å². The smallest absolute Gasteiger partial charge is 0.164 e. The maximum absolute atomic E-state index is 9.10. The summed E-state index contributed by atoms with van der Waals surface area (Å²) in [6.07, 6.45) is 0. The number of benzene rings is 8. The van der Waals surface area contributed by atoms with Gasteiger partial charge in [0.1, 0.15) is 0 Å². The molecule has 0 aliphatic rings. The number of aromatic nitrogens is 4. The van der Waals surface area contributed by atoms with Gasteiger partial charge in [-0.2, -0.15) is 0 Å². The van der Waals surface area contributed by atoms with E-state index in [2.05, 4.69) is 60.7 Å². The van der Waals surface area contributed by atoms with Crippen LogP contribution in [0.1, 0.15) is 5.48 Å². The Bertz CT molecular complexity index is 3170. The van der Waals surface area contributed by atoms with Gasteiger partial charge in [0.25, 0.3) is 0 Å². The third-order valence-corrected chi connectivity index (χ3v) is 10.0. The molecule has 55 heavy (non-hydrogen) atoms. The zero-order valence-electron chi connectivity index (χ0n) is 33.6. The van der Waals surface area contributed by atoms with Crippen LogP contribution in [0.4, 0.5) is 0 Å². The Kier molecular flexibility index (Phi) is 7.08. The van der Waals surface area contributed by atoms with Crippen LogP contribution in [0.3, 0.4) is 0 Å². The minimum atomic E-state index is -0.276. The van der Waals surface area contributed by atoms with Crippen molar-refractivity contribution in [3.8, 4) is 73.2 Å². The van der Waals surface area contributed by atoms with Gasteiger partial charge in [0, 0.05) is 33.2 Å². The number of fused-ring (bicyclic) bond motifs is 3. The summed E-state index contributed by atoms with van der Waals surface area (Å²) in [6, 6.07) is 60.1. The van der Waals surface area contributed by atoms with Gasteiger partial charge in [-0.05, 0) is 81.9 Å². The summed E-state index contributed by atoms with van der Waals surface area (Å²) < 4.78 is 37.3. The highest BCUT2D eigenvalue weighted by Gasteiger charge is 2.16. The molecular weight excluding hydrogens is 669 g/mol. The van der Waals surface area contributed by atoms with Gasteiger partial charge in [-0.1, -0.05) is 158 Å². The summed E-state index contributed by atoms with van der Waals surface area (Å²) in [4.78, 5) is 14.8. The zero-order valence-corrected chi connectivity index (χ0v) is 29.6. The van der Waals surface area contributed by atoms with E-state index >= 15 is 0 Å². The first-order valence-electron chi connectivity index (χ1n) is 20.2. The highest BCUT2D eigenvalue weighted by molar-refractivity contribution is 6.10. The van der Waals surface area contributed by atoms with Crippen LogP contribution >= 0.6 is 0 Å². The Morgan fingerprint density at radius 3 is 1.36 bits per heavy atom. The van der Waals surface area contributed by atoms with Crippen molar-refractivity contribution < 1.29 is 5.48 Å². The average Bonchev–Trinajstić information content (AvgIpc) is 3.66. The van der Waals surface area contributed by atoms with E-state index in [-0.39, 0.29) is 24.2 Å². The van der Waals surface area contributed by atoms with Crippen LogP contribution in [-0.2, 0) is 0 Å². The molecule has 0 aliphatic carbocycles. The molecule has 258 valence electrons. The molecule has 0 spiro atoms. The second-order valence-electron chi connectivity index (χ2n) is 13.4. The van der Waals surface area contributed by atoms with E-state index in [0.717, 1.165) is 66.7 Å². The number of hydrogen-bond donors (Lipinski definition) is 0. The average molecular weight is 707 g/mol. The largest absolute Gasteiger partial charge is 0.309 e. The Morgan fingerprint density at radius 2 is 0.745 bits per heavy atom. The van der Waals surface area contributed by atoms with Crippen molar-refractivity contribution >= 4 is 21.8 Å². The second kappa shape index (κ2) is 13.8. The van der Waals surface area contributed by atoms with Gasteiger partial charge in [-0.15, -0.1) is 0 Å². The first kappa shape index (κ1) is 28.1. The first-order chi connectivity index (χ1) is 28.9. The molecule has 0 radical (unpaired) electrons. The van der Waals surface area contributed by atoms with E-state index in [4.69, 9.17) is 20.4 Å². The monoisotopic (exact) mass is 706 g/mol. The highest BCUT2D eigenvalue weighted by atomic mass is 15.0. The molecule has 0 unspecified atom stereocenters. The lowest BCUT2D eigenvalue weighted by Gasteiger charge is -2.11. The fourth-order valence-electron chi connectivity index (χ4n) is 7.23. The molecule has 0 N–H and O–H groups in total. The normalized spacial score (nSPS) is 12.3. The van der Waals surface area contributed by atoms with Crippen molar-refractivity contribution in [1.82, 2.24) is 19.5 Å². The molecular formula is C51H34N4. The summed E-state index contributed by atoms with van der Waals surface area (Å²) >= 11 is 0. The van der Waals surface area contributed by atoms with E-state index in [1.165, 1.54) is 0 Å². The van der Waals surface area contributed by atoms with Crippen molar-refractivity contribution in [2.45, 2.75) is 0 Å². The molecule has 10 rings (SSSR count). The SMILES string of the molecule is [2H]c1c([2H])c([2H])c2c(c1[2H])c1cc(-c3cccc(-c4ccccc4)c3)ccc1n2-c1ccc(-c2nc(-c3ccccc3)nc(-c3ccc(-c4ccccc4)cc3)n2)cc1. The third kappa shape index (κ3) is 6.16. The molecule has 10 aromatic rings. The Labute approximate surface area is 325 Å². The number of para-hydroxylation sites is 1. The van der Waals surface area contributed by atoms with E-state index < -0.39 is 0 Å². The van der Waals surface area contributed by atoms with E-state index in [1.807, 2.05) is 126 Å². The summed E-state index contributed by atoms with van der Waals surface area (Å²) in [6.45, 7) is 0. The molecule has 0 amide bonds. The third-order valence-electron chi connectivity index (χ3n) is 10.0. The molecule has 0 saturated heterocycles. The molecule has 4 heteroatoms. The fourth-order valence-corrected chi connectivity index (χ4v) is 7.23. The lowest BCUT2D eigenvalue weighted by atomic mass is 9.98. The molecule has 4 nitrogen and oxygen atoms in total.